The highest BCUT2D eigenvalue weighted by Gasteiger charge is 2.19. The van der Waals surface area contributed by atoms with Crippen LogP contribution < -0.4 is 0 Å². The summed E-state index contributed by atoms with van der Waals surface area (Å²) in [5.74, 6) is 1.47. The maximum absolute atomic E-state index is 9.09. The van der Waals surface area contributed by atoms with E-state index in [1.165, 1.54) is 0 Å². The Hall–Kier alpha value is -0.870. The number of aromatic nitrogens is 2. The van der Waals surface area contributed by atoms with E-state index in [0.717, 1.165) is 43.7 Å². The standard InChI is InChI=1S/C11H18N2O2/c14-5-1-2-10-7-13-4-3-9(8-15)6-11(13)12-10/h7,9,14-15H,1-6,8H2. The molecule has 1 aliphatic heterocycles. The summed E-state index contributed by atoms with van der Waals surface area (Å²) in [5.41, 5.74) is 1.07. The summed E-state index contributed by atoms with van der Waals surface area (Å²) < 4.78 is 2.18. The highest BCUT2D eigenvalue weighted by Crippen LogP contribution is 2.20. The lowest BCUT2D eigenvalue weighted by Crippen LogP contribution is -2.21. The van der Waals surface area contributed by atoms with Gasteiger partial charge in [-0.05, 0) is 25.2 Å². The molecule has 0 bridgehead atoms. The predicted octanol–water partition coefficient (Wildman–Crippen LogP) is 0.363. The van der Waals surface area contributed by atoms with E-state index in [1.807, 2.05) is 0 Å². The van der Waals surface area contributed by atoms with Crippen LogP contribution in [0.5, 0.6) is 0 Å². The molecule has 0 fully saturated rings. The van der Waals surface area contributed by atoms with Crippen molar-refractivity contribution in [2.75, 3.05) is 13.2 Å². The summed E-state index contributed by atoms with van der Waals surface area (Å²) in [7, 11) is 0. The van der Waals surface area contributed by atoms with Crippen molar-refractivity contribution in [2.45, 2.75) is 32.2 Å². The highest BCUT2D eigenvalue weighted by molar-refractivity contribution is 5.07. The van der Waals surface area contributed by atoms with Crippen LogP contribution in [0.2, 0.25) is 0 Å². The van der Waals surface area contributed by atoms with Gasteiger partial charge in [-0.3, -0.25) is 0 Å². The van der Waals surface area contributed by atoms with Crippen LogP contribution in [0.15, 0.2) is 6.20 Å². The molecule has 0 aliphatic carbocycles. The van der Waals surface area contributed by atoms with Gasteiger partial charge in [-0.25, -0.2) is 4.98 Å². The second kappa shape index (κ2) is 4.77. The molecule has 1 unspecified atom stereocenters. The minimum Gasteiger partial charge on any atom is -0.396 e. The van der Waals surface area contributed by atoms with E-state index in [1.54, 1.807) is 0 Å². The van der Waals surface area contributed by atoms with Gasteiger partial charge in [0, 0.05) is 32.4 Å². The number of hydrogen-bond acceptors (Lipinski definition) is 3. The Kier molecular flexibility index (Phi) is 3.38. The average Bonchev–Trinajstić information content (AvgIpc) is 2.67. The first kappa shape index (κ1) is 10.6. The lowest BCUT2D eigenvalue weighted by molar-refractivity contribution is 0.199. The zero-order valence-corrected chi connectivity index (χ0v) is 8.89. The van der Waals surface area contributed by atoms with E-state index in [-0.39, 0.29) is 13.2 Å². The Morgan fingerprint density at radius 3 is 3.07 bits per heavy atom. The largest absolute Gasteiger partial charge is 0.396 e. The van der Waals surface area contributed by atoms with Crippen molar-refractivity contribution in [3.8, 4) is 0 Å². The fourth-order valence-corrected chi connectivity index (χ4v) is 2.09. The van der Waals surface area contributed by atoms with Crippen LogP contribution in [0.3, 0.4) is 0 Å². The van der Waals surface area contributed by atoms with Crippen LogP contribution >= 0.6 is 0 Å². The molecule has 0 radical (unpaired) electrons. The molecule has 2 heterocycles. The molecule has 2 N–H and O–H groups in total. The van der Waals surface area contributed by atoms with Crippen molar-refractivity contribution in [3.63, 3.8) is 0 Å². The van der Waals surface area contributed by atoms with Crippen molar-refractivity contribution in [1.29, 1.82) is 0 Å². The van der Waals surface area contributed by atoms with Gasteiger partial charge in [0.25, 0.3) is 0 Å². The smallest absolute Gasteiger partial charge is 0.109 e. The number of aliphatic hydroxyl groups excluding tert-OH is 2. The third-order valence-electron chi connectivity index (χ3n) is 3.01. The minimum absolute atomic E-state index is 0.224. The van der Waals surface area contributed by atoms with Gasteiger partial charge >= 0.3 is 0 Å². The molecule has 2 rings (SSSR count). The molecule has 0 saturated heterocycles. The third-order valence-corrected chi connectivity index (χ3v) is 3.01. The van der Waals surface area contributed by atoms with Crippen LogP contribution in [0.25, 0.3) is 0 Å². The summed E-state index contributed by atoms with van der Waals surface area (Å²) in [6, 6.07) is 0. The summed E-state index contributed by atoms with van der Waals surface area (Å²) in [6.07, 6.45) is 5.63. The Morgan fingerprint density at radius 1 is 1.47 bits per heavy atom. The molecule has 15 heavy (non-hydrogen) atoms. The third kappa shape index (κ3) is 2.38. The lowest BCUT2D eigenvalue weighted by Gasteiger charge is -2.20. The summed E-state index contributed by atoms with van der Waals surface area (Å²) in [5, 5.41) is 17.8. The number of imidazole rings is 1. The van der Waals surface area contributed by atoms with E-state index < -0.39 is 0 Å². The maximum atomic E-state index is 9.09. The summed E-state index contributed by atoms with van der Waals surface area (Å²) >= 11 is 0. The normalized spacial score (nSPS) is 20.3. The van der Waals surface area contributed by atoms with Crippen LogP contribution in [0.4, 0.5) is 0 Å². The molecular formula is C11H18N2O2. The maximum Gasteiger partial charge on any atom is 0.109 e. The van der Waals surface area contributed by atoms with Gasteiger partial charge in [-0.1, -0.05) is 0 Å². The topological polar surface area (TPSA) is 58.3 Å². The van der Waals surface area contributed by atoms with Gasteiger partial charge in [-0.2, -0.15) is 0 Å². The molecule has 4 nitrogen and oxygen atoms in total. The Bertz CT molecular complexity index is 322. The fraction of sp³-hybridized carbons (Fsp3) is 0.727. The van der Waals surface area contributed by atoms with Crippen LogP contribution in [-0.4, -0.2) is 33.0 Å². The second-order valence-corrected chi connectivity index (χ2v) is 4.21. The first-order valence-corrected chi connectivity index (χ1v) is 5.60. The molecule has 1 aromatic heterocycles. The zero-order chi connectivity index (χ0) is 10.7. The second-order valence-electron chi connectivity index (χ2n) is 4.21. The van der Waals surface area contributed by atoms with Gasteiger partial charge in [0.05, 0.1) is 5.69 Å². The molecule has 0 aromatic carbocycles. The predicted molar refractivity (Wildman–Crippen MR) is 56.5 cm³/mol. The van der Waals surface area contributed by atoms with Crippen molar-refractivity contribution < 1.29 is 10.2 Å². The van der Waals surface area contributed by atoms with E-state index in [0.29, 0.717) is 5.92 Å². The number of aryl methyl sites for hydroxylation is 2. The van der Waals surface area contributed by atoms with E-state index in [4.69, 9.17) is 10.2 Å². The number of rotatable bonds is 4. The SMILES string of the molecule is OCCCc1cn2c(n1)CC(CO)CC2. The van der Waals surface area contributed by atoms with Crippen molar-refractivity contribution in [2.24, 2.45) is 5.92 Å². The van der Waals surface area contributed by atoms with Crippen molar-refractivity contribution >= 4 is 0 Å². The first-order valence-electron chi connectivity index (χ1n) is 5.60. The van der Waals surface area contributed by atoms with Gasteiger partial charge in [0.1, 0.15) is 5.82 Å². The zero-order valence-electron chi connectivity index (χ0n) is 8.89. The van der Waals surface area contributed by atoms with Crippen LogP contribution in [-0.2, 0) is 19.4 Å². The Morgan fingerprint density at radius 2 is 2.33 bits per heavy atom. The van der Waals surface area contributed by atoms with E-state index in [2.05, 4.69) is 15.7 Å². The number of fused-ring (bicyclic) bond motifs is 1. The molecule has 84 valence electrons. The molecular weight excluding hydrogens is 192 g/mol. The Labute approximate surface area is 89.6 Å². The molecule has 1 aliphatic rings. The van der Waals surface area contributed by atoms with E-state index in [9.17, 15) is 0 Å². The van der Waals surface area contributed by atoms with Crippen molar-refractivity contribution in [1.82, 2.24) is 9.55 Å². The molecule has 0 spiro atoms. The molecule has 4 heteroatoms. The van der Waals surface area contributed by atoms with Crippen LogP contribution in [0, 0.1) is 5.92 Å². The quantitative estimate of drug-likeness (QED) is 0.754. The van der Waals surface area contributed by atoms with Crippen LogP contribution in [0.1, 0.15) is 24.4 Å². The van der Waals surface area contributed by atoms with E-state index >= 15 is 0 Å². The molecule has 0 saturated carbocycles. The highest BCUT2D eigenvalue weighted by atomic mass is 16.3. The summed E-state index contributed by atoms with van der Waals surface area (Å²) in [4.78, 5) is 4.53. The molecule has 1 atom stereocenters. The number of hydrogen-bond donors (Lipinski definition) is 2. The fourth-order valence-electron chi connectivity index (χ4n) is 2.09. The van der Waals surface area contributed by atoms with Gasteiger partial charge in [0.2, 0.25) is 0 Å². The molecule has 0 amide bonds. The Balaban J connectivity index is 2.04. The van der Waals surface area contributed by atoms with Gasteiger partial charge in [-0.15, -0.1) is 0 Å². The molecule has 1 aromatic rings. The lowest BCUT2D eigenvalue weighted by atomic mass is 9.99. The number of nitrogens with zero attached hydrogens (tertiary/aromatic N) is 2. The summed E-state index contributed by atoms with van der Waals surface area (Å²) in [6.45, 7) is 1.45. The average molecular weight is 210 g/mol. The monoisotopic (exact) mass is 210 g/mol. The van der Waals surface area contributed by atoms with Gasteiger partial charge < -0.3 is 14.8 Å². The number of aliphatic hydroxyl groups is 2. The van der Waals surface area contributed by atoms with Gasteiger partial charge in [0.15, 0.2) is 0 Å². The first-order chi connectivity index (χ1) is 7.33. The minimum atomic E-state index is 0.224. The van der Waals surface area contributed by atoms with Crippen molar-refractivity contribution in [3.05, 3.63) is 17.7 Å².